The van der Waals surface area contributed by atoms with Gasteiger partial charge in [-0.05, 0) is 51.1 Å². The van der Waals surface area contributed by atoms with Crippen molar-refractivity contribution in [1.82, 2.24) is 15.5 Å². The molecule has 1 aliphatic heterocycles. The standard InChI is InChI=1S/C18H27F3N4O.HI/c1-3-22-17(24-12-15-5-4-10-25(15)2)23-11-14-6-8-16(9-7-14)26-13-18(19,20)21;/h6-9,15H,3-5,10-13H2,1-2H3,(H2,22,23,24);1H. The number of hydrogen-bond donors (Lipinski definition) is 2. The van der Waals surface area contributed by atoms with Gasteiger partial charge in [-0.1, -0.05) is 12.1 Å². The van der Waals surface area contributed by atoms with Crippen LogP contribution >= 0.6 is 24.0 Å². The molecule has 1 fully saturated rings. The van der Waals surface area contributed by atoms with E-state index in [1.165, 1.54) is 25.0 Å². The van der Waals surface area contributed by atoms with E-state index in [-0.39, 0.29) is 29.7 Å². The molecule has 1 atom stereocenters. The van der Waals surface area contributed by atoms with Gasteiger partial charge in [0.1, 0.15) is 5.75 Å². The summed E-state index contributed by atoms with van der Waals surface area (Å²) >= 11 is 0. The Bertz CT molecular complexity index is 581. The zero-order valence-electron chi connectivity index (χ0n) is 15.7. The maximum absolute atomic E-state index is 12.2. The third-order valence-corrected chi connectivity index (χ3v) is 4.27. The molecule has 1 aliphatic rings. The van der Waals surface area contributed by atoms with Crippen LogP contribution in [0.5, 0.6) is 5.75 Å². The molecule has 0 aromatic heterocycles. The third-order valence-electron chi connectivity index (χ3n) is 4.27. The predicted molar refractivity (Wildman–Crippen MR) is 112 cm³/mol. The van der Waals surface area contributed by atoms with Gasteiger partial charge >= 0.3 is 6.18 Å². The summed E-state index contributed by atoms with van der Waals surface area (Å²) in [5.74, 6) is 0.939. The second kappa shape index (κ2) is 11.6. The fourth-order valence-electron chi connectivity index (χ4n) is 2.82. The summed E-state index contributed by atoms with van der Waals surface area (Å²) in [5.41, 5.74) is 0.902. The minimum absolute atomic E-state index is 0. The molecule has 0 aliphatic carbocycles. The largest absolute Gasteiger partial charge is 0.484 e. The van der Waals surface area contributed by atoms with E-state index in [1.54, 1.807) is 12.1 Å². The molecule has 0 spiro atoms. The highest BCUT2D eigenvalue weighted by atomic mass is 127. The highest BCUT2D eigenvalue weighted by Gasteiger charge is 2.28. The summed E-state index contributed by atoms with van der Waals surface area (Å²) < 4.78 is 41.2. The lowest BCUT2D eigenvalue weighted by molar-refractivity contribution is -0.153. The number of likely N-dealkylation sites (N-methyl/N-ethyl adjacent to an activating group) is 1. The highest BCUT2D eigenvalue weighted by molar-refractivity contribution is 14.0. The smallest absolute Gasteiger partial charge is 0.422 e. The molecule has 1 heterocycles. The van der Waals surface area contributed by atoms with Crippen molar-refractivity contribution in [2.45, 2.75) is 38.5 Å². The van der Waals surface area contributed by atoms with Crippen molar-refractivity contribution in [1.29, 1.82) is 0 Å². The van der Waals surface area contributed by atoms with Crippen LogP contribution in [0.3, 0.4) is 0 Å². The number of nitrogens with zero attached hydrogens (tertiary/aromatic N) is 2. The van der Waals surface area contributed by atoms with Crippen LogP contribution in [-0.4, -0.2) is 56.4 Å². The zero-order valence-corrected chi connectivity index (χ0v) is 18.0. The Hall–Kier alpha value is -1.23. The molecule has 5 nitrogen and oxygen atoms in total. The lowest BCUT2D eigenvalue weighted by atomic mass is 10.2. The molecule has 1 unspecified atom stereocenters. The van der Waals surface area contributed by atoms with Crippen LogP contribution in [0.25, 0.3) is 0 Å². The fourth-order valence-corrected chi connectivity index (χ4v) is 2.82. The second-order valence-electron chi connectivity index (χ2n) is 6.40. The number of nitrogens with one attached hydrogen (secondary N) is 2. The van der Waals surface area contributed by atoms with Crippen LogP contribution in [0.1, 0.15) is 25.3 Å². The summed E-state index contributed by atoms with van der Waals surface area (Å²) in [6.45, 7) is 3.89. The first-order valence-electron chi connectivity index (χ1n) is 8.88. The normalized spacial score (nSPS) is 18.1. The quantitative estimate of drug-likeness (QED) is 0.343. The summed E-state index contributed by atoms with van der Waals surface area (Å²) in [7, 11) is 2.13. The van der Waals surface area contributed by atoms with Crippen LogP contribution in [0.2, 0.25) is 0 Å². The lowest BCUT2D eigenvalue weighted by Gasteiger charge is -2.21. The Morgan fingerprint density at radius 3 is 2.52 bits per heavy atom. The van der Waals surface area contributed by atoms with E-state index in [9.17, 15) is 13.2 Å². The summed E-state index contributed by atoms with van der Waals surface area (Å²) in [4.78, 5) is 6.88. The molecule has 1 aromatic carbocycles. The molecule has 27 heavy (non-hydrogen) atoms. The Kier molecular flexibility index (Phi) is 10.2. The van der Waals surface area contributed by atoms with E-state index in [4.69, 9.17) is 4.74 Å². The van der Waals surface area contributed by atoms with Crippen LogP contribution in [0.15, 0.2) is 29.3 Å². The predicted octanol–water partition coefficient (Wildman–Crippen LogP) is 3.40. The molecule has 0 bridgehead atoms. The number of alkyl halides is 3. The first-order chi connectivity index (χ1) is 12.4. The topological polar surface area (TPSA) is 48.9 Å². The van der Waals surface area contributed by atoms with Gasteiger partial charge in [-0.15, -0.1) is 24.0 Å². The molecule has 0 radical (unpaired) electrons. The summed E-state index contributed by atoms with van der Waals surface area (Å²) in [5, 5.41) is 6.57. The molecule has 1 aromatic rings. The van der Waals surface area contributed by atoms with E-state index >= 15 is 0 Å². The number of ether oxygens (including phenoxy) is 1. The van der Waals surface area contributed by atoms with E-state index in [0.29, 0.717) is 12.6 Å². The van der Waals surface area contributed by atoms with Crippen molar-refractivity contribution >= 4 is 29.9 Å². The fraction of sp³-hybridized carbons (Fsp3) is 0.611. The van der Waals surface area contributed by atoms with Crippen molar-refractivity contribution in [3.05, 3.63) is 29.8 Å². The van der Waals surface area contributed by atoms with E-state index in [0.717, 1.165) is 31.2 Å². The summed E-state index contributed by atoms with van der Waals surface area (Å²) in [6, 6.07) is 7.03. The van der Waals surface area contributed by atoms with Crippen LogP contribution in [0, 0.1) is 0 Å². The molecule has 0 saturated carbocycles. The first kappa shape index (κ1) is 23.8. The van der Waals surface area contributed by atoms with E-state index in [2.05, 4.69) is 27.6 Å². The Morgan fingerprint density at radius 2 is 1.96 bits per heavy atom. The number of hydrogen-bond acceptors (Lipinski definition) is 3. The number of guanidine groups is 1. The van der Waals surface area contributed by atoms with Crippen molar-refractivity contribution in [2.75, 3.05) is 33.3 Å². The highest BCUT2D eigenvalue weighted by Crippen LogP contribution is 2.19. The Labute approximate surface area is 175 Å². The SMILES string of the molecule is CCNC(=NCc1ccc(OCC(F)(F)F)cc1)NCC1CCCN1C.I. The monoisotopic (exact) mass is 500 g/mol. The average molecular weight is 500 g/mol. The van der Waals surface area contributed by atoms with Gasteiger partial charge in [0.25, 0.3) is 0 Å². The third kappa shape index (κ3) is 9.00. The number of aliphatic imine (C=N–C) groups is 1. The minimum atomic E-state index is -4.33. The van der Waals surface area contributed by atoms with Crippen LogP contribution < -0.4 is 15.4 Å². The van der Waals surface area contributed by atoms with Gasteiger partial charge in [0.2, 0.25) is 0 Å². The number of rotatable bonds is 7. The number of halogens is 4. The number of benzene rings is 1. The maximum atomic E-state index is 12.2. The van der Waals surface area contributed by atoms with Crippen LogP contribution in [-0.2, 0) is 6.54 Å². The Balaban J connectivity index is 0.00000364. The maximum Gasteiger partial charge on any atom is 0.422 e. The summed E-state index contributed by atoms with van der Waals surface area (Å²) in [6.07, 6.45) is -1.93. The van der Waals surface area contributed by atoms with E-state index in [1.807, 2.05) is 6.92 Å². The molecule has 0 amide bonds. The molecular formula is C18H28F3IN4O. The average Bonchev–Trinajstić information content (AvgIpc) is 3.01. The van der Waals surface area contributed by atoms with Gasteiger partial charge < -0.3 is 20.3 Å². The van der Waals surface area contributed by atoms with Crippen molar-refractivity contribution in [3.63, 3.8) is 0 Å². The molecule has 154 valence electrons. The lowest BCUT2D eigenvalue weighted by Crippen LogP contribution is -2.44. The van der Waals surface area contributed by atoms with Gasteiger partial charge in [-0.3, -0.25) is 0 Å². The Morgan fingerprint density at radius 1 is 1.26 bits per heavy atom. The van der Waals surface area contributed by atoms with Crippen molar-refractivity contribution in [3.8, 4) is 5.75 Å². The minimum Gasteiger partial charge on any atom is -0.484 e. The molecule has 2 N–H and O–H groups in total. The van der Waals surface area contributed by atoms with Crippen molar-refractivity contribution < 1.29 is 17.9 Å². The molecular weight excluding hydrogens is 472 g/mol. The van der Waals surface area contributed by atoms with Gasteiger partial charge in [0.15, 0.2) is 12.6 Å². The molecule has 9 heteroatoms. The van der Waals surface area contributed by atoms with Crippen LogP contribution in [0.4, 0.5) is 13.2 Å². The number of likely N-dealkylation sites (tertiary alicyclic amines) is 1. The van der Waals surface area contributed by atoms with Crippen molar-refractivity contribution in [2.24, 2.45) is 4.99 Å². The second-order valence-corrected chi connectivity index (χ2v) is 6.40. The molecule has 1 saturated heterocycles. The van der Waals surface area contributed by atoms with E-state index < -0.39 is 12.8 Å². The first-order valence-corrected chi connectivity index (χ1v) is 8.88. The van der Waals surface area contributed by atoms with Gasteiger partial charge in [0.05, 0.1) is 6.54 Å². The van der Waals surface area contributed by atoms with Gasteiger partial charge in [0, 0.05) is 19.1 Å². The van der Waals surface area contributed by atoms with Gasteiger partial charge in [-0.2, -0.15) is 13.2 Å². The molecule has 2 rings (SSSR count). The zero-order chi connectivity index (χ0) is 19.0. The van der Waals surface area contributed by atoms with Gasteiger partial charge in [-0.25, -0.2) is 4.99 Å².